The van der Waals surface area contributed by atoms with Crippen LogP contribution in [0.15, 0.2) is 24.9 Å². The molecule has 0 bridgehead atoms. The second-order valence-corrected chi connectivity index (χ2v) is 2.37. The first-order chi connectivity index (χ1) is 4.43. The molecule has 0 fully saturated rings. The topological polar surface area (TPSA) is 12.0 Å². The van der Waals surface area contributed by atoms with Crippen molar-refractivity contribution in [1.82, 2.24) is 5.32 Å². The van der Waals surface area contributed by atoms with Gasteiger partial charge < -0.3 is 5.32 Å². The third kappa shape index (κ3) is 1.92. The van der Waals surface area contributed by atoms with Crippen molar-refractivity contribution >= 4 is 0 Å². The van der Waals surface area contributed by atoms with E-state index in [0.29, 0.717) is 6.04 Å². The maximum absolute atomic E-state index is 3.69. The van der Waals surface area contributed by atoms with Gasteiger partial charge in [-0.2, -0.15) is 0 Å². The molecule has 0 aromatic carbocycles. The first kappa shape index (κ1) is 6.40. The summed E-state index contributed by atoms with van der Waals surface area (Å²) in [5, 5.41) is 3.27. The monoisotopic (exact) mass is 123 g/mol. The highest BCUT2D eigenvalue weighted by atomic mass is 14.9. The van der Waals surface area contributed by atoms with Crippen molar-refractivity contribution in [3.8, 4) is 0 Å². The molecular formula is C8H13N. The molecule has 0 radical (unpaired) electrons. The molecule has 1 rings (SSSR count). The molecule has 1 nitrogen and oxygen atoms in total. The summed E-state index contributed by atoms with van der Waals surface area (Å²) in [7, 11) is 0. The normalized spacial score (nSPS) is 25.1. The van der Waals surface area contributed by atoms with Crippen molar-refractivity contribution in [1.29, 1.82) is 0 Å². The fourth-order valence-electron chi connectivity index (χ4n) is 1.06. The van der Waals surface area contributed by atoms with Crippen molar-refractivity contribution in [2.24, 2.45) is 0 Å². The van der Waals surface area contributed by atoms with Crippen molar-refractivity contribution in [3.63, 3.8) is 0 Å². The Hall–Kier alpha value is -0.720. The van der Waals surface area contributed by atoms with Crippen LogP contribution in [0.1, 0.15) is 19.3 Å². The van der Waals surface area contributed by atoms with E-state index in [1.54, 1.807) is 0 Å². The Balaban J connectivity index is 2.26. The minimum Gasteiger partial charge on any atom is -0.388 e. The highest BCUT2D eigenvalue weighted by Crippen LogP contribution is 2.06. The lowest BCUT2D eigenvalue weighted by molar-refractivity contribution is 0.532. The zero-order chi connectivity index (χ0) is 6.53. The average molecular weight is 123 g/mol. The van der Waals surface area contributed by atoms with E-state index in [9.17, 15) is 0 Å². The van der Waals surface area contributed by atoms with Gasteiger partial charge in [0.1, 0.15) is 0 Å². The summed E-state index contributed by atoms with van der Waals surface area (Å²) >= 11 is 0. The molecule has 1 unspecified atom stereocenters. The van der Waals surface area contributed by atoms with E-state index < -0.39 is 0 Å². The van der Waals surface area contributed by atoms with E-state index in [-0.39, 0.29) is 0 Å². The Kier molecular flexibility index (Phi) is 2.37. The number of rotatable bonds is 2. The fraction of sp³-hybridized carbons (Fsp3) is 0.500. The van der Waals surface area contributed by atoms with Crippen LogP contribution in [-0.4, -0.2) is 6.04 Å². The van der Waals surface area contributed by atoms with Crippen molar-refractivity contribution in [3.05, 3.63) is 24.9 Å². The smallest absolute Gasteiger partial charge is 0.0292 e. The highest BCUT2D eigenvalue weighted by Gasteiger charge is 2.04. The lowest BCUT2D eigenvalue weighted by Gasteiger charge is -2.17. The van der Waals surface area contributed by atoms with Crippen LogP contribution in [0.4, 0.5) is 0 Å². The van der Waals surface area contributed by atoms with Gasteiger partial charge >= 0.3 is 0 Å². The molecule has 0 spiro atoms. The summed E-state index contributed by atoms with van der Waals surface area (Å²) in [5.41, 5.74) is 0. The van der Waals surface area contributed by atoms with Crippen LogP contribution in [0, 0.1) is 0 Å². The first-order valence-corrected chi connectivity index (χ1v) is 3.45. The summed E-state index contributed by atoms with van der Waals surface area (Å²) in [6, 6.07) is 0.646. The molecule has 1 N–H and O–H groups in total. The lowest BCUT2D eigenvalue weighted by atomic mass is 10.1. The summed E-state index contributed by atoms with van der Waals surface area (Å²) in [5.74, 6) is 0. The second kappa shape index (κ2) is 3.33. The molecule has 0 aromatic heterocycles. The van der Waals surface area contributed by atoms with Crippen molar-refractivity contribution < 1.29 is 0 Å². The van der Waals surface area contributed by atoms with Crippen LogP contribution < -0.4 is 5.32 Å². The number of hydrogen-bond donors (Lipinski definition) is 1. The van der Waals surface area contributed by atoms with Gasteiger partial charge in [0, 0.05) is 6.04 Å². The number of hydrogen-bond acceptors (Lipinski definition) is 1. The van der Waals surface area contributed by atoms with Gasteiger partial charge in [0.15, 0.2) is 0 Å². The molecule has 1 aliphatic heterocycles. The molecule has 0 saturated carbocycles. The summed E-state index contributed by atoms with van der Waals surface area (Å²) < 4.78 is 0. The van der Waals surface area contributed by atoms with Gasteiger partial charge in [-0.15, -0.1) is 6.58 Å². The van der Waals surface area contributed by atoms with E-state index >= 15 is 0 Å². The molecule has 0 aliphatic carbocycles. The molecule has 1 heterocycles. The van der Waals surface area contributed by atoms with Gasteiger partial charge in [-0.3, -0.25) is 0 Å². The quantitative estimate of drug-likeness (QED) is 0.552. The Labute approximate surface area is 56.5 Å². The fourth-order valence-corrected chi connectivity index (χ4v) is 1.06. The summed E-state index contributed by atoms with van der Waals surface area (Å²) in [4.78, 5) is 0. The van der Waals surface area contributed by atoms with Gasteiger partial charge in [-0.25, -0.2) is 0 Å². The molecule has 1 heteroatoms. The third-order valence-corrected chi connectivity index (χ3v) is 1.58. The Morgan fingerprint density at radius 2 is 2.67 bits per heavy atom. The zero-order valence-corrected chi connectivity index (χ0v) is 5.64. The molecular weight excluding hydrogens is 110 g/mol. The van der Waals surface area contributed by atoms with Gasteiger partial charge in [-0.05, 0) is 25.5 Å². The average Bonchev–Trinajstić information content (AvgIpc) is 1.91. The zero-order valence-electron chi connectivity index (χ0n) is 5.64. The predicted octanol–water partition coefficient (Wildman–Crippen LogP) is 1.83. The maximum Gasteiger partial charge on any atom is 0.0292 e. The number of nitrogens with one attached hydrogen (secondary N) is 1. The van der Waals surface area contributed by atoms with E-state index in [1.807, 2.05) is 12.3 Å². The van der Waals surface area contributed by atoms with Gasteiger partial charge in [0.25, 0.3) is 0 Å². The Morgan fingerprint density at radius 1 is 1.78 bits per heavy atom. The van der Waals surface area contributed by atoms with Gasteiger partial charge in [0.2, 0.25) is 0 Å². The lowest BCUT2D eigenvalue weighted by Crippen LogP contribution is -2.25. The van der Waals surface area contributed by atoms with Crippen LogP contribution >= 0.6 is 0 Å². The predicted molar refractivity (Wildman–Crippen MR) is 40.1 cm³/mol. The van der Waals surface area contributed by atoms with Gasteiger partial charge in [0.05, 0.1) is 0 Å². The molecule has 0 aromatic rings. The van der Waals surface area contributed by atoms with Crippen LogP contribution in [0.2, 0.25) is 0 Å². The molecule has 50 valence electrons. The minimum atomic E-state index is 0.646. The standard InChI is InChI=1S/C8H13N/c1-2-5-8-6-3-4-7-9-8/h2,4,7-9H,1,3,5-6H2. The Morgan fingerprint density at radius 3 is 3.22 bits per heavy atom. The third-order valence-electron chi connectivity index (χ3n) is 1.58. The van der Waals surface area contributed by atoms with E-state index in [0.717, 1.165) is 6.42 Å². The minimum absolute atomic E-state index is 0.646. The molecule has 1 aliphatic rings. The van der Waals surface area contributed by atoms with E-state index in [2.05, 4.69) is 18.0 Å². The molecule has 9 heavy (non-hydrogen) atoms. The van der Waals surface area contributed by atoms with Crippen LogP contribution in [0.25, 0.3) is 0 Å². The SMILES string of the molecule is C=CCC1CCC=CN1. The second-order valence-electron chi connectivity index (χ2n) is 2.37. The van der Waals surface area contributed by atoms with Gasteiger partial charge in [-0.1, -0.05) is 12.2 Å². The Bertz CT molecular complexity index is 116. The first-order valence-electron chi connectivity index (χ1n) is 3.45. The van der Waals surface area contributed by atoms with Crippen LogP contribution in [-0.2, 0) is 0 Å². The maximum atomic E-state index is 3.69. The number of allylic oxidation sites excluding steroid dienone is 1. The van der Waals surface area contributed by atoms with Crippen molar-refractivity contribution in [2.45, 2.75) is 25.3 Å². The highest BCUT2D eigenvalue weighted by molar-refractivity contribution is 4.92. The van der Waals surface area contributed by atoms with Crippen LogP contribution in [0.3, 0.4) is 0 Å². The largest absolute Gasteiger partial charge is 0.388 e. The summed E-state index contributed by atoms with van der Waals surface area (Å²) in [6.45, 7) is 3.69. The molecule has 0 saturated heterocycles. The molecule has 0 amide bonds. The van der Waals surface area contributed by atoms with Crippen molar-refractivity contribution in [2.75, 3.05) is 0 Å². The molecule has 1 atom stereocenters. The van der Waals surface area contributed by atoms with Crippen LogP contribution in [0.5, 0.6) is 0 Å². The summed E-state index contributed by atoms with van der Waals surface area (Å²) in [6.07, 6.45) is 9.73. The van der Waals surface area contributed by atoms with E-state index in [4.69, 9.17) is 0 Å². The van der Waals surface area contributed by atoms with E-state index in [1.165, 1.54) is 12.8 Å².